The first-order chi connectivity index (χ1) is 9.29. The normalized spacial score (nSPS) is 9.42. The fourth-order valence-electron chi connectivity index (χ4n) is 1.46. The minimum absolute atomic E-state index is 0.193. The van der Waals surface area contributed by atoms with Crippen molar-refractivity contribution in [3.8, 4) is 17.6 Å². The Morgan fingerprint density at radius 3 is 2.89 bits per heavy atom. The van der Waals surface area contributed by atoms with Gasteiger partial charge in [-0.05, 0) is 24.3 Å². The highest BCUT2D eigenvalue weighted by Crippen LogP contribution is 2.28. The summed E-state index contributed by atoms with van der Waals surface area (Å²) in [4.78, 5) is 15.4. The third kappa shape index (κ3) is 3.54. The monoisotopic (exact) mass is 253 g/mol. The molecule has 0 saturated heterocycles. The Labute approximate surface area is 110 Å². The van der Waals surface area contributed by atoms with Gasteiger partial charge in [0.2, 0.25) is 5.91 Å². The molecule has 19 heavy (non-hydrogen) atoms. The van der Waals surface area contributed by atoms with Gasteiger partial charge in [0.05, 0.1) is 18.0 Å². The predicted octanol–water partition coefficient (Wildman–Crippen LogP) is 2.73. The van der Waals surface area contributed by atoms with Crippen LogP contribution in [0.5, 0.6) is 11.5 Å². The number of anilines is 1. The Morgan fingerprint density at radius 1 is 1.32 bits per heavy atom. The molecular formula is C14H11N3O2. The Morgan fingerprint density at radius 2 is 2.16 bits per heavy atom. The summed E-state index contributed by atoms with van der Waals surface area (Å²) in [5.41, 5.74) is 0.520. The van der Waals surface area contributed by atoms with Gasteiger partial charge in [0.25, 0.3) is 0 Å². The number of para-hydroxylation sites is 2. The molecule has 1 heterocycles. The molecule has 2 rings (SSSR count). The van der Waals surface area contributed by atoms with Gasteiger partial charge in [-0.1, -0.05) is 12.1 Å². The van der Waals surface area contributed by atoms with E-state index in [-0.39, 0.29) is 12.3 Å². The maximum Gasteiger partial charge on any atom is 0.238 e. The van der Waals surface area contributed by atoms with Crippen molar-refractivity contribution >= 4 is 11.6 Å². The van der Waals surface area contributed by atoms with E-state index in [1.165, 1.54) is 0 Å². The molecule has 0 aliphatic carbocycles. The number of carbonyl (C=O) groups is 1. The third-order valence-corrected chi connectivity index (χ3v) is 2.26. The summed E-state index contributed by atoms with van der Waals surface area (Å²) in [6.07, 6.45) is 3.03. The molecule has 0 bridgehead atoms. The van der Waals surface area contributed by atoms with E-state index in [0.717, 1.165) is 0 Å². The maximum atomic E-state index is 11.4. The maximum absolute atomic E-state index is 11.4. The van der Waals surface area contributed by atoms with E-state index in [2.05, 4.69) is 10.3 Å². The van der Waals surface area contributed by atoms with Crippen molar-refractivity contribution in [3.63, 3.8) is 0 Å². The molecule has 0 fully saturated rings. The number of amides is 1. The molecule has 0 atom stereocenters. The first kappa shape index (κ1) is 12.6. The molecule has 2 aromatic rings. The summed E-state index contributed by atoms with van der Waals surface area (Å²) in [6.45, 7) is 0. The van der Waals surface area contributed by atoms with Gasteiger partial charge in [0.1, 0.15) is 12.2 Å². The average molecular weight is 253 g/mol. The van der Waals surface area contributed by atoms with Crippen molar-refractivity contribution in [2.45, 2.75) is 6.42 Å². The van der Waals surface area contributed by atoms with Gasteiger partial charge in [-0.3, -0.25) is 9.78 Å². The van der Waals surface area contributed by atoms with Crippen molar-refractivity contribution in [1.29, 1.82) is 5.26 Å². The van der Waals surface area contributed by atoms with Crippen LogP contribution < -0.4 is 10.1 Å². The minimum Gasteiger partial charge on any atom is -0.454 e. The van der Waals surface area contributed by atoms with Crippen molar-refractivity contribution in [2.75, 3.05) is 5.32 Å². The predicted molar refractivity (Wildman–Crippen MR) is 69.6 cm³/mol. The lowest BCUT2D eigenvalue weighted by atomic mass is 10.3. The Kier molecular flexibility index (Phi) is 4.09. The van der Waals surface area contributed by atoms with Gasteiger partial charge < -0.3 is 10.1 Å². The summed E-state index contributed by atoms with van der Waals surface area (Å²) in [5, 5.41) is 11.1. The molecule has 1 aromatic carbocycles. The molecule has 94 valence electrons. The number of nitrogens with zero attached hydrogens (tertiary/aromatic N) is 2. The van der Waals surface area contributed by atoms with Gasteiger partial charge in [-0.15, -0.1) is 0 Å². The fourth-order valence-corrected chi connectivity index (χ4v) is 1.46. The lowest BCUT2D eigenvalue weighted by molar-refractivity contribution is -0.115. The van der Waals surface area contributed by atoms with Crippen LogP contribution in [-0.2, 0) is 4.79 Å². The van der Waals surface area contributed by atoms with Gasteiger partial charge in [0, 0.05) is 6.20 Å². The lowest BCUT2D eigenvalue weighted by Gasteiger charge is -2.10. The molecule has 5 nitrogen and oxygen atoms in total. The fraction of sp³-hybridized carbons (Fsp3) is 0.0714. The third-order valence-electron chi connectivity index (χ3n) is 2.26. The van der Waals surface area contributed by atoms with Crippen LogP contribution in [-0.4, -0.2) is 10.9 Å². The van der Waals surface area contributed by atoms with Crippen LogP contribution in [0, 0.1) is 11.3 Å². The van der Waals surface area contributed by atoms with E-state index in [9.17, 15) is 4.79 Å². The quantitative estimate of drug-likeness (QED) is 0.909. The summed E-state index contributed by atoms with van der Waals surface area (Å²) in [6, 6.07) is 12.3. The van der Waals surface area contributed by atoms with Crippen LogP contribution in [0.2, 0.25) is 0 Å². The summed E-state index contributed by atoms with van der Waals surface area (Å²) >= 11 is 0. The molecule has 0 spiro atoms. The van der Waals surface area contributed by atoms with Crippen LogP contribution in [0.15, 0.2) is 48.8 Å². The second-order valence-electron chi connectivity index (χ2n) is 3.67. The van der Waals surface area contributed by atoms with Crippen molar-refractivity contribution in [2.24, 2.45) is 0 Å². The van der Waals surface area contributed by atoms with E-state index >= 15 is 0 Å². The number of hydrogen-bond donors (Lipinski definition) is 1. The van der Waals surface area contributed by atoms with Crippen LogP contribution >= 0.6 is 0 Å². The first-order valence-electron chi connectivity index (χ1n) is 5.63. The summed E-state index contributed by atoms with van der Waals surface area (Å²) < 4.78 is 5.63. The van der Waals surface area contributed by atoms with E-state index < -0.39 is 0 Å². The largest absolute Gasteiger partial charge is 0.454 e. The average Bonchev–Trinajstić information content (AvgIpc) is 2.42. The van der Waals surface area contributed by atoms with Gasteiger partial charge in [0.15, 0.2) is 5.75 Å². The first-order valence-corrected chi connectivity index (χ1v) is 5.63. The Bertz CT molecular complexity index is 606. The molecule has 0 unspecified atom stereocenters. The molecule has 1 aromatic heterocycles. The van der Waals surface area contributed by atoms with E-state index in [1.54, 1.807) is 54.9 Å². The van der Waals surface area contributed by atoms with Crippen LogP contribution in [0.25, 0.3) is 0 Å². The van der Waals surface area contributed by atoms with Crippen molar-refractivity contribution < 1.29 is 9.53 Å². The highest BCUT2D eigenvalue weighted by atomic mass is 16.5. The summed E-state index contributed by atoms with van der Waals surface area (Å²) in [7, 11) is 0. The number of carbonyl (C=O) groups excluding carboxylic acids is 1. The molecule has 1 N–H and O–H groups in total. The second-order valence-corrected chi connectivity index (χ2v) is 3.67. The zero-order chi connectivity index (χ0) is 13.5. The molecule has 0 radical (unpaired) electrons. The number of nitriles is 1. The molecule has 0 aliphatic heterocycles. The zero-order valence-corrected chi connectivity index (χ0v) is 10.0. The van der Waals surface area contributed by atoms with Crippen molar-refractivity contribution in [3.05, 3.63) is 48.8 Å². The van der Waals surface area contributed by atoms with Gasteiger partial charge >= 0.3 is 0 Å². The number of nitrogens with one attached hydrogen (secondary N) is 1. The molecule has 0 aliphatic rings. The van der Waals surface area contributed by atoms with E-state index in [0.29, 0.717) is 17.2 Å². The number of rotatable bonds is 4. The lowest BCUT2D eigenvalue weighted by Crippen LogP contribution is -2.10. The SMILES string of the molecule is N#CCC(=O)Nc1ccccc1Oc1cccnc1. The Hall–Kier alpha value is -2.87. The zero-order valence-electron chi connectivity index (χ0n) is 10.0. The molecule has 1 amide bonds. The van der Waals surface area contributed by atoms with Crippen molar-refractivity contribution in [1.82, 2.24) is 4.98 Å². The second kappa shape index (κ2) is 6.17. The van der Waals surface area contributed by atoms with Gasteiger partial charge in [-0.25, -0.2) is 0 Å². The number of benzene rings is 1. The van der Waals surface area contributed by atoms with Crippen LogP contribution in [0.3, 0.4) is 0 Å². The number of pyridine rings is 1. The van der Waals surface area contributed by atoms with E-state index in [4.69, 9.17) is 10.00 Å². The number of hydrogen-bond acceptors (Lipinski definition) is 4. The Balaban J connectivity index is 2.17. The minimum atomic E-state index is -0.371. The topological polar surface area (TPSA) is 75.0 Å². The standard InChI is InChI=1S/C14H11N3O2/c15-8-7-14(18)17-12-5-1-2-6-13(12)19-11-4-3-9-16-10-11/h1-6,9-10H,7H2,(H,17,18). The molecule has 5 heteroatoms. The smallest absolute Gasteiger partial charge is 0.238 e. The van der Waals surface area contributed by atoms with Crippen LogP contribution in [0.1, 0.15) is 6.42 Å². The van der Waals surface area contributed by atoms with E-state index in [1.807, 2.05) is 0 Å². The summed E-state index contributed by atoms with van der Waals surface area (Å²) in [5.74, 6) is 0.705. The molecule has 0 saturated carbocycles. The molecular weight excluding hydrogens is 242 g/mol. The number of aromatic nitrogens is 1. The highest BCUT2D eigenvalue weighted by Gasteiger charge is 2.07. The number of ether oxygens (including phenoxy) is 1. The van der Waals surface area contributed by atoms with Gasteiger partial charge in [-0.2, -0.15) is 5.26 Å². The van der Waals surface area contributed by atoms with Crippen LogP contribution in [0.4, 0.5) is 5.69 Å². The highest BCUT2D eigenvalue weighted by molar-refractivity contribution is 5.93.